The van der Waals surface area contributed by atoms with Crippen LogP contribution in [0.5, 0.6) is 23.0 Å². The summed E-state index contributed by atoms with van der Waals surface area (Å²) in [5.41, 5.74) is 0.795. The standard InChI is InChI=1S/C29H34O15/c1-12-22(35)23(36)24(37)28(41-12)39-11-20-26(44-21(34)7-3-13-2-5-15(30)17(32)8-13)25(38)27-29(43-20)40-10-19(42-27)14-4-6-16(31)18(33)9-14/h2-9,12,19-20,22-33,35-38H,10-11H2,1H3/b7-3-/t12-,19+,20+,22-,23+,24+,25-,26+,27+,28+,29+/m0/s1. The molecule has 15 heteroatoms. The topological polar surface area (TPSA) is 234 Å². The minimum Gasteiger partial charge on any atom is -0.504 e. The van der Waals surface area contributed by atoms with E-state index in [0.29, 0.717) is 11.1 Å². The molecular weight excluding hydrogens is 588 g/mol. The lowest BCUT2D eigenvalue weighted by Gasteiger charge is -2.47. The molecule has 3 saturated heterocycles. The van der Waals surface area contributed by atoms with Gasteiger partial charge >= 0.3 is 5.97 Å². The SMILES string of the molecule is C[C@@H]1O[C@@H](OC[C@H]2O[C@H]3OC[C@H](c4ccc(O)c(O)c4)O[C@@H]3[C@@H](O)[C@@H]2OC(=O)/C=C\c2ccc(O)c(O)c2)[C@H](O)[C@H](O)[C@H]1O. The summed E-state index contributed by atoms with van der Waals surface area (Å²) in [6.07, 6.45) is -11.8. The van der Waals surface area contributed by atoms with Gasteiger partial charge in [-0.05, 0) is 48.4 Å². The molecule has 15 nitrogen and oxygen atoms in total. The van der Waals surface area contributed by atoms with Crippen molar-refractivity contribution in [1.82, 2.24) is 0 Å². The van der Waals surface area contributed by atoms with Crippen LogP contribution >= 0.6 is 0 Å². The molecule has 0 aliphatic carbocycles. The molecule has 2 aromatic carbocycles. The number of benzene rings is 2. The second-order valence-corrected chi connectivity index (χ2v) is 10.7. The average molecular weight is 623 g/mol. The molecule has 0 saturated carbocycles. The van der Waals surface area contributed by atoms with Crippen molar-refractivity contribution in [2.45, 2.75) is 74.4 Å². The Morgan fingerprint density at radius 1 is 0.864 bits per heavy atom. The van der Waals surface area contributed by atoms with Gasteiger partial charge in [0.05, 0.1) is 19.3 Å². The van der Waals surface area contributed by atoms with Gasteiger partial charge in [-0.25, -0.2) is 4.79 Å². The van der Waals surface area contributed by atoms with Crippen LogP contribution in [0.4, 0.5) is 0 Å². The summed E-state index contributed by atoms with van der Waals surface area (Å²) in [5.74, 6) is -2.39. The van der Waals surface area contributed by atoms with Crippen molar-refractivity contribution in [2.24, 2.45) is 0 Å². The maximum atomic E-state index is 12.8. The minimum absolute atomic E-state index is 0.0651. The highest BCUT2D eigenvalue weighted by atomic mass is 16.8. The Bertz CT molecular complexity index is 1350. The highest BCUT2D eigenvalue weighted by Gasteiger charge is 2.52. The fourth-order valence-electron chi connectivity index (χ4n) is 5.10. The number of carbonyl (C=O) groups is 1. The second kappa shape index (κ2) is 13.2. The number of aliphatic hydroxyl groups is 4. The zero-order chi connectivity index (χ0) is 31.7. The predicted molar refractivity (Wildman–Crippen MR) is 145 cm³/mol. The molecule has 240 valence electrons. The first-order valence-electron chi connectivity index (χ1n) is 13.8. The van der Waals surface area contributed by atoms with Crippen molar-refractivity contribution in [1.29, 1.82) is 0 Å². The number of hydrogen-bond acceptors (Lipinski definition) is 15. The van der Waals surface area contributed by atoms with Crippen molar-refractivity contribution >= 4 is 12.0 Å². The summed E-state index contributed by atoms with van der Waals surface area (Å²) < 4.78 is 34.4. The summed E-state index contributed by atoms with van der Waals surface area (Å²) in [4.78, 5) is 12.8. The highest BCUT2D eigenvalue weighted by Crippen LogP contribution is 2.37. The molecule has 8 N–H and O–H groups in total. The Labute approximate surface area is 250 Å². The average Bonchev–Trinajstić information content (AvgIpc) is 3.00. The fourth-order valence-corrected chi connectivity index (χ4v) is 5.10. The lowest BCUT2D eigenvalue weighted by molar-refractivity contribution is -0.360. The number of esters is 1. The van der Waals surface area contributed by atoms with E-state index in [9.17, 15) is 45.6 Å². The Morgan fingerprint density at radius 3 is 2.27 bits per heavy atom. The molecule has 0 radical (unpaired) electrons. The number of fused-ring (bicyclic) bond motifs is 1. The van der Waals surface area contributed by atoms with E-state index in [1.165, 1.54) is 49.4 Å². The van der Waals surface area contributed by atoms with Crippen LogP contribution in [-0.2, 0) is 33.2 Å². The summed E-state index contributed by atoms with van der Waals surface area (Å²) in [6, 6.07) is 7.94. The van der Waals surface area contributed by atoms with Crippen LogP contribution in [0.25, 0.3) is 6.08 Å². The molecule has 3 aliphatic rings. The number of carbonyl (C=O) groups excluding carboxylic acids is 1. The fraction of sp³-hybridized carbons (Fsp3) is 0.483. The smallest absolute Gasteiger partial charge is 0.331 e. The van der Waals surface area contributed by atoms with Gasteiger partial charge in [-0.1, -0.05) is 12.1 Å². The van der Waals surface area contributed by atoms with Gasteiger partial charge in [-0.3, -0.25) is 0 Å². The summed E-state index contributed by atoms with van der Waals surface area (Å²) in [6.45, 7) is 0.984. The Morgan fingerprint density at radius 2 is 1.57 bits per heavy atom. The van der Waals surface area contributed by atoms with Crippen LogP contribution in [0.2, 0.25) is 0 Å². The van der Waals surface area contributed by atoms with Gasteiger partial charge in [-0.2, -0.15) is 0 Å². The van der Waals surface area contributed by atoms with Gasteiger partial charge in [-0.15, -0.1) is 0 Å². The van der Waals surface area contributed by atoms with E-state index in [2.05, 4.69) is 0 Å². The third-order valence-electron chi connectivity index (χ3n) is 7.62. The van der Waals surface area contributed by atoms with Crippen molar-refractivity contribution in [2.75, 3.05) is 13.2 Å². The van der Waals surface area contributed by atoms with E-state index in [4.69, 9.17) is 28.4 Å². The van der Waals surface area contributed by atoms with Crippen LogP contribution in [0.15, 0.2) is 42.5 Å². The lowest BCUT2D eigenvalue weighted by atomic mass is 9.96. The molecule has 0 bridgehead atoms. The number of hydrogen-bond donors (Lipinski definition) is 8. The Hall–Kier alpha value is -3.51. The van der Waals surface area contributed by atoms with Crippen molar-refractivity contribution in [3.05, 3.63) is 53.6 Å². The summed E-state index contributed by atoms with van der Waals surface area (Å²) in [5, 5.41) is 80.5. The molecule has 0 amide bonds. The van der Waals surface area contributed by atoms with Crippen molar-refractivity contribution in [3.8, 4) is 23.0 Å². The van der Waals surface area contributed by atoms with Gasteiger partial charge < -0.3 is 69.3 Å². The third-order valence-corrected chi connectivity index (χ3v) is 7.62. The Balaban J connectivity index is 1.33. The van der Waals surface area contributed by atoms with E-state index >= 15 is 0 Å². The summed E-state index contributed by atoms with van der Waals surface area (Å²) >= 11 is 0. The van der Waals surface area contributed by atoms with Crippen LogP contribution in [0, 0.1) is 0 Å². The number of ether oxygens (including phenoxy) is 6. The number of aromatic hydroxyl groups is 4. The molecule has 0 spiro atoms. The molecule has 11 atom stereocenters. The van der Waals surface area contributed by atoms with Crippen molar-refractivity contribution < 1.29 is 74.1 Å². The molecule has 44 heavy (non-hydrogen) atoms. The molecular formula is C29H34O15. The Kier molecular flexibility index (Phi) is 9.59. The minimum atomic E-state index is -1.62. The van der Waals surface area contributed by atoms with Crippen LogP contribution in [0.1, 0.15) is 24.2 Å². The first kappa shape index (κ1) is 31.9. The highest BCUT2D eigenvalue weighted by molar-refractivity contribution is 5.87. The van der Waals surface area contributed by atoms with Gasteiger partial charge in [0.2, 0.25) is 0 Å². The van der Waals surface area contributed by atoms with E-state index in [1.807, 2.05) is 0 Å². The molecule has 3 aliphatic heterocycles. The number of rotatable bonds is 7. The second-order valence-electron chi connectivity index (χ2n) is 10.7. The zero-order valence-electron chi connectivity index (χ0n) is 23.3. The van der Waals surface area contributed by atoms with Gasteiger partial charge in [0.25, 0.3) is 0 Å². The number of phenolic OH excluding ortho intramolecular Hbond substituents is 4. The first-order valence-corrected chi connectivity index (χ1v) is 13.8. The van der Waals surface area contributed by atoms with Gasteiger partial charge in [0.15, 0.2) is 41.7 Å². The number of phenols is 4. The molecule has 3 fully saturated rings. The normalized spacial score (nSPS) is 35.7. The molecule has 5 rings (SSSR count). The van der Waals surface area contributed by atoms with E-state index < -0.39 is 85.8 Å². The van der Waals surface area contributed by atoms with Crippen LogP contribution in [-0.4, -0.2) is 121 Å². The summed E-state index contributed by atoms with van der Waals surface area (Å²) in [7, 11) is 0. The van der Waals surface area contributed by atoms with Crippen LogP contribution < -0.4 is 0 Å². The number of aliphatic hydroxyl groups excluding tert-OH is 4. The quantitative estimate of drug-likeness (QED) is 0.111. The van der Waals surface area contributed by atoms with Crippen LogP contribution in [0.3, 0.4) is 0 Å². The van der Waals surface area contributed by atoms with E-state index in [1.54, 1.807) is 0 Å². The monoisotopic (exact) mass is 622 g/mol. The maximum absolute atomic E-state index is 12.8. The maximum Gasteiger partial charge on any atom is 0.331 e. The molecule has 0 unspecified atom stereocenters. The van der Waals surface area contributed by atoms with E-state index in [-0.39, 0.29) is 23.9 Å². The zero-order valence-corrected chi connectivity index (χ0v) is 23.3. The lowest BCUT2D eigenvalue weighted by Crippen LogP contribution is -2.64. The predicted octanol–water partition coefficient (Wildman–Crippen LogP) is -0.479. The molecule has 2 aromatic rings. The largest absolute Gasteiger partial charge is 0.504 e. The van der Waals surface area contributed by atoms with E-state index in [0.717, 1.165) is 6.08 Å². The molecule has 0 aromatic heterocycles. The first-order chi connectivity index (χ1) is 20.9. The van der Waals surface area contributed by atoms with Gasteiger partial charge in [0, 0.05) is 6.08 Å². The third kappa shape index (κ3) is 6.76. The van der Waals surface area contributed by atoms with Gasteiger partial charge in [0.1, 0.15) is 42.7 Å². The molecule has 3 heterocycles. The van der Waals surface area contributed by atoms with Crippen molar-refractivity contribution in [3.63, 3.8) is 0 Å².